The number of carbonyl (C=O) groups excluding carboxylic acids is 2. The van der Waals surface area contributed by atoms with Crippen molar-refractivity contribution in [1.29, 1.82) is 0 Å². The van der Waals surface area contributed by atoms with Gasteiger partial charge in [-0.1, -0.05) is 0 Å². The van der Waals surface area contributed by atoms with Crippen LogP contribution in [-0.2, 0) is 11.8 Å². The van der Waals surface area contributed by atoms with Gasteiger partial charge < -0.3 is 9.47 Å². The first-order valence-electron chi connectivity index (χ1n) is 10.1. The number of anilines is 1. The number of nitrogens with one attached hydrogen (secondary N) is 2. The maximum atomic E-state index is 13.2. The number of halogens is 1. The maximum Gasteiger partial charge on any atom is 0.286 e. The van der Waals surface area contributed by atoms with Crippen LogP contribution in [0.5, 0.6) is 0 Å². The van der Waals surface area contributed by atoms with E-state index in [0.717, 1.165) is 11.3 Å². The number of piperidine rings is 1. The van der Waals surface area contributed by atoms with Gasteiger partial charge in [-0.05, 0) is 60.9 Å². The van der Waals surface area contributed by atoms with Crippen LogP contribution in [0.15, 0.2) is 54.9 Å². The molecule has 0 unspecified atom stereocenters. The topological polar surface area (TPSA) is 92.2 Å². The van der Waals surface area contributed by atoms with E-state index in [0.29, 0.717) is 37.6 Å². The molecular weight excluding hydrogens is 399 g/mol. The summed E-state index contributed by atoms with van der Waals surface area (Å²) in [6, 6.07) is 11.3. The van der Waals surface area contributed by atoms with Gasteiger partial charge in [0.15, 0.2) is 0 Å². The summed E-state index contributed by atoms with van der Waals surface area (Å²) in [5.74, 6) is -0.478. The van der Waals surface area contributed by atoms with E-state index in [4.69, 9.17) is 0 Å². The average Bonchev–Trinajstić information content (AvgIpc) is 3.20. The molecule has 31 heavy (non-hydrogen) atoms. The first-order valence-corrected chi connectivity index (χ1v) is 10.1. The number of aromatic nitrogens is 3. The summed E-state index contributed by atoms with van der Waals surface area (Å²) >= 11 is 0. The van der Waals surface area contributed by atoms with E-state index < -0.39 is 5.91 Å². The van der Waals surface area contributed by atoms with Crippen molar-refractivity contribution in [2.24, 2.45) is 13.0 Å². The highest BCUT2D eigenvalue weighted by Gasteiger charge is 2.26. The van der Waals surface area contributed by atoms with Crippen LogP contribution in [-0.4, -0.2) is 39.4 Å². The summed E-state index contributed by atoms with van der Waals surface area (Å²) < 4.78 is 14.9. The molecule has 1 aliphatic rings. The molecule has 2 amide bonds. The smallest absolute Gasteiger partial charge is 0.286 e. The van der Waals surface area contributed by atoms with Gasteiger partial charge in [0.2, 0.25) is 11.9 Å². The van der Waals surface area contributed by atoms with E-state index in [1.165, 1.54) is 12.1 Å². The number of carbonyl (C=O) groups is 2. The van der Waals surface area contributed by atoms with Crippen molar-refractivity contribution in [2.45, 2.75) is 12.8 Å². The van der Waals surface area contributed by atoms with Crippen LogP contribution in [0.2, 0.25) is 0 Å². The molecule has 2 N–H and O–H groups in total. The number of nitrogens with zero attached hydrogens (tertiary/aromatic N) is 4. The molecule has 0 saturated carbocycles. The molecule has 1 aliphatic heterocycles. The zero-order valence-corrected chi connectivity index (χ0v) is 17.1. The van der Waals surface area contributed by atoms with E-state index in [2.05, 4.69) is 20.8 Å². The zero-order chi connectivity index (χ0) is 21.8. The molecule has 1 aromatic carbocycles. The normalized spacial score (nSPS) is 14.3. The van der Waals surface area contributed by atoms with E-state index in [-0.39, 0.29) is 17.6 Å². The Bertz CT molecular complexity index is 1060. The second-order valence-electron chi connectivity index (χ2n) is 7.42. The van der Waals surface area contributed by atoms with E-state index in [1.54, 1.807) is 54.3 Å². The number of amides is 2. The van der Waals surface area contributed by atoms with Crippen molar-refractivity contribution in [3.8, 4) is 11.3 Å². The lowest BCUT2D eigenvalue weighted by atomic mass is 9.96. The van der Waals surface area contributed by atoms with Gasteiger partial charge in [0.25, 0.3) is 5.91 Å². The van der Waals surface area contributed by atoms with Crippen molar-refractivity contribution in [3.05, 3.63) is 66.4 Å². The van der Waals surface area contributed by atoms with Crippen molar-refractivity contribution in [1.82, 2.24) is 25.4 Å². The quantitative estimate of drug-likeness (QED) is 0.630. The van der Waals surface area contributed by atoms with Gasteiger partial charge in [0.1, 0.15) is 11.5 Å². The first kappa shape index (κ1) is 20.5. The molecule has 0 spiro atoms. The molecule has 1 saturated heterocycles. The highest BCUT2D eigenvalue weighted by Crippen LogP contribution is 2.22. The number of rotatable bonds is 4. The lowest BCUT2D eigenvalue weighted by Gasteiger charge is -2.31. The first-order chi connectivity index (χ1) is 15.0. The van der Waals surface area contributed by atoms with Crippen LogP contribution in [0.3, 0.4) is 0 Å². The molecule has 0 radical (unpaired) electrons. The summed E-state index contributed by atoms with van der Waals surface area (Å²) in [4.78, 5) is 35.6. The number of benzene rings is 1. The minimum absolute atomic E-state index is 0.191. The van der Waals surface area contributed by atoms with Gasteiger partial charge in [-0.3, -0.25) is 20.4 Å². The standard InChI is InChI=1S/C22H23FN6O2/c1-28-18(15-3-5-17(23)6-4-15)7-8-19(28)21(31)27-26-20(30)16-9-13-29(14-10-16)22-24-11-2-12-25-22/h2-8,11-12,16H,9-10,13-14H2,1H3,(H,26,30)(H,27,31). The third kappa shape index (κ3) is 4.55. The monoisotopic (exact) mass is 422 g/mol. The average molecular weight is 422 g/mol. The lowest BCUT2D eigenvalue weighted by Crippen LogP contribution is -2.47. The van der Waals surface area contributed by atoms with Crippen LogP contribution in [0, 0.1) is 11.7 Å². The summed E-state index contributed by atoms with van der Waals surface area (Å²) in [6.45, 7) is 1.35. The minimum Gasteiger partial charge on any atom is -0.341 e. The Balaban J connectivity index is 1.31. The minimum atomic E-state index is -0.417. The molecule has 3 heterocycles. The third-order valence-corrected chi connectivity index (χ3v) is 5.49. The molecule has 9 heteroatoms. The number of hydrogen-bond acceptors (Lipinski definition) is 5. The summed E-state index contributed by atoms with van der Waals surface area (Å²) in [7, 11) is 1.75. The predicted octanol–water partition coefficient (Wildman–Crippen LogP) is 2.30. The Morgan fingerprint density at radius 1 is 1.00 bits per heavy atom. The SMILES string of the molecule is Cn1c(C(=O)NNC(=O)C2CCN(c3ncccn3)CC2)ccc1-c1ccc(F)cc1. The molecular formula is C22H23FN6O2. The lowest BCUT2D eigenvalue weighted by molar-refractivity contribution is -0.126. The molecule has 0 aliphatic carbocycles. The fourth-order valence-corrected chi connectivity index (χ4v) is 3.73. The second kappa shape index (κ2) is 8.95. The molecule has 0 atom stereocenters. The van der Waals surface area contributed by atoms with Gasteiger partial charge in [0.05, 0.1) is 0 Å². The van der Waals surface area contributed by atoms with Crippen LogP contribution >= 0.6 is 0 Å². The molecule has 3 aromatic rings. The van der Waals surface area contributed by atoms with Gasteiger partial charge >= 0.3 is 0 Å². The fourth-order valence-electron chi connectivity index (χ4n) is 3.73. The highest BCUT2D eigenvalue weighted by atomic mass is 19.1. The van der Waals surface area contributed by atoms with Gasteiger partial charge in [-0.25, -0.2) is 14.4 Å². The van der Waals surface area contributed by atoms with Crippen LogP contribution in [0.1, 0.15) is 23.3 Å². The van der Waals surface area contributed by atoms with Crippen molar-refractivity contribution < 1.29 is 14.0 Å². The van der Waals surface area contributed by atoms with E-state index >= 15 is 0 Å². The van der Waals surface area contributed by atoms with E-state index in [9.17, 15) is 14.0 Å². The summed E-state index contributed by atoms with van der Waals surface area (Å²) in [5.41, 5.74) is 6.98. The molecule has 2 aromatic heterocycles. The fraction of sp³-hybridized carbons (Fsp3) is 0.273. The van der Waals surface area contributed by atoms with Gasteiger partial charge in [-0.2, -0.15) is 0 Å². The Labute approximate surface area is 179 Å². The summed E-state index contributed by atoms with van der Waals surface area (Å²) in [5, 5.41) is 0. The van der Waals surface area contributed by atoms with Crippen LogP contribution in [0.4, 0.5) is 10.3 Å². The van der Waals surface area contributed by atoms with Crippen LogP contribution in [0.25, 0.3) is 11.3 Å². The van der Waals surface area contributed by atoms with Gasteiger partial charge in [-0.15, -0.1) is 0 Å². The molecule has 4 rings (SSSR count). The zero-order valence-electron chi connectivity index (χ0n) is 17.1. The Hall–Kier alpha value is -3.75. The third-order valence-electron chi connectivity index (χ3n) is 5.49. The molecule has 160 valence electrons. The van der Waals surface area contributed by atoms with Gasteiger partial charge in [0, 0.05) is 44.1 Å². The Kier molecular flexibility index (Phi) is 5.92. The van der Waals surface area contributed by atoms with Crippen molar-refractivity contribution >= 4 is 17.8 Å². The second-order valence-corrected chi connectivity index (χ2v) is 7.42. The highest BCUT2D eigenvalue weighted by molar-refractivity contribution is 5.95. The van der Waals surface area contributed by atoms with Crippen molar-refractivity contribution in [3.63, 3.8) is 0 Å². The maximum absolute atomic E-state index is 13.2. The predicted molar refractivity (Wildman–Crippen MR) is 113 cm³/mol. The number of hydrazine groups is 1. The van der Waals surface area contributed by atoms with Crippen LogP contribution < -0.4 is 15.8 Å². The molecule has 1 fully saturated rings. The molecule has 8 nitrogen and oxygen atoms in total. The summed E-state index contributed by atoms with van der Waals surface area (Å²) in [6.07, 6.45) is 4.70. The van der Waals surface area contributed by atoms with Crippen molar-refractivity contribution in [2.75, 3.05) is 18.0 Å². The number of hydrogen-bond donors (Lipinski definition) is 2. The Morgan fingerprint density at radius 3 is 2.35 bits per heavy atom. The largest absolute Gasteiger partial charge is 0.341 e. The Morgan fingerprint density at radius 2 is 1.68 bits per heavy atom. The molecule has 0 bridgehead atoms. The van der Waals surface area contributed by atoms with E-state index in [1.807, 2.05) is 4.90 Å².